The minimum atomic E-state index is -0.811. The van der Waals surface area contributed by atoms with Crippen LogP contribution in [0.1, 0.15) is 83.8 Å². The average Bonchev–Trinajstić information content (AvgIpc) is 3.60. The van der Waals surface area contributed by atoms with Gasteiger partial charge in [0.1, 0.15) is 18.5 Å². The lowest BCUT2D eigenvalue weighted by atomic mass is 9.53. The van der Waals surface area contributed by atoms with Crippen molar-refractivity contribution in [2.24, 2.45) is 17.8 Å². The lowest BCUT2D eigenvalue weighted by Crippen LogP contribution is -2.60. The van der Waals surface area contributed by atoms with Crippen molar-refractivity contribution in [3.05, 3.63) is 12.7 Å². The van der Waals surface area contributed by atoms with E-state index in [9.17, 15) is 9.59 Å². The number of carbonyl (C=O) groups is 2. The van der Waals surface area contributed by atoms with Gasteiger partial charge < -0.3 is 24.8 Å². The van der Waals surface area contributed by atoms with Gasteiger partial charge in [0.25, 0.3) is 5.91 Å². The van der Waals surface area contributed by atoms with Crippen LogP contribution in [0.3, 0.4) is 0 Å². The van der Waals surface area contributed by atoms with Crippen LogP contribution in [0.2, 0.25) is 0 Å². The van der Waals surface area contributed by atoms with Gasteiger partial charge in [0, 0.05) is 24.9 Å². The van der Waals surface area contributed by atoms with Crippen LogP contribution in [-0.4, -0.2) is 67.6 Å². The largest absolute Gasteiger partial charge is 0.354 e. The number of fused-ring (bicyclic) bond motifs is 2. The highest BCUT2D eigenvalue weighted by Gasteiger charge is 2.61. The second-order valence-electron chi connectivity index (χ2n) is 13.3. The molecule has 2 aromatic heterocycles. The Kier molecular flexibility index (Phi) is 6.05. The summed E-state index contributed by atoms with van der Waals surface area (Å²) in [6.45, 7) is 2.37. The van der Waals surface area contributed by atoms with Crippen LogP contribution in [-0.2, 0) is 19.0 Å². The van der Waals surface area contributed by atoms with Crippen molar-refractivity contribution in [1.82, 2.24) is 30.2 Å². The van der Waals surface area contributed by atoms with Crippen molar-refractivity contribution in [2.45, 2.75) is 113 Å². The molecule has 12 nitrogen and oxygen atoms in total. The van der Waals surface area contributed by atoms with Crippen molar-refractivity contribution in [2.75, 3.05) is 11.9 Å². The van der Waals surface area contributed by atoms with Crippen LogP contribution in [0.25, 0.3) is 11.2 Å². The van der Waals surface area contributed by atoms with Crippen molar-refractivity contribution in [3.63, 3.8) is 0 Å². The van der Waals surface area contributed by atoms with Gasteiger partial charge in [-0.25, -0.2) is 19.7 Å². The molecule has 12 heteroatoms. The lowest BCUT2D eigenvalue weighted by molar-refractivity contribution is -0.229. The fourth-order valence-electron chi connectivity index (χ4n) is 9.23. The number of ether oxygens (including phenoxy) is 3. The fraction of sp³-hybridized carbons (Fsp3) is 0.759. The highest BCUT2D eigenvalue weighted by atomic mass is 16.8. The number of imidazole rings is 1. The molecule has 3 amide bonds. The Labute approximate surface area is 238 Å². The molecular formula is C29H39N7O5. The number of rotatable bonds is 5. The standard InChI is InChI=1S/C29H39N7O5/c1-2-30-25(37)21-20-22(41-29(40-20)6-4-3-5-7-29)26(39-21)36-15-33-19-23(31-14-32-24(19)36)34-27(38)35-28-11-16-8-17(12-28)10-18(9-16)13-28/h14-18,20-22,26H,2-13H2,1H3,(H,30,37)(H2,31,32,34,35,38)/t16?,17?,18?,20?,21-,22?,26+,28?/m0/s1. The van der Waals surface area contributed by atoms with Gasteiger partial charge in [0.15, 0.2) is 35.1 Å². The number of carbonyl (C=O) groups excluding carboxylic acids is 2. The number of aromatic nitrogens is 4. The molecule has 4 atom stereocenters. The third-order valence-corrected chi connectivity index (χ3v) is 10.4. The zero-order chi connectivity index (χ0) is 27.8. The molecule has 220 valence electrons. The molecular weight excluding hydrogens is 526 g/mol. The molecule has 1 spiro atoms. The van der Waals surface area contributed by atoms with Crippen LogP contribution in [0.15, 0.2) is 12.7 Å². The predicted molar refractivity (Wildman–Crippen MR) is 147 cm³/mol. The Hall–Kier alpha value is -2.83. The molecule has 5 saturated carbocycles. The molecule has 7 aliphatic rings. The monoisotopic (exact) mass is 565 g/mol. The Balaban J connectivity index is 1.05. The van der Waals surface area contributed by atoms with Gasteiger partial charge in [0.05, 0.1) is 6.33 Å². The molecule has 7 fully saturated rings. The van der Waals surface area contributed by atoms with E-state index in [1.54, 1.807) is 10.9 Å². The summed E-state index contributed by atoms with van der Waals surface area (Å²) >= 11 is 0. The Morgan fingerprint density at radius 1 is 0.976 bits per heavy atom. The minimum absolute atomic E-state index is 0.111. The summed E-state index contributed by atoms with van der Waals surface area (Å²) in [6.07, 6.45) is 12.5. The normalized spacial score (nSPS) is 38.3. The van der Waals surface area contributed by atoms with E-state index in [1.165, 1.54) is 25.6 Å². The first kappa shape index (κ1) is 25.8. The summed E-state index contributed by atoms with van der Waals surface area (Å²) in [5.74, 6) is 1.64. The van der Waals surface area contributed by atoms with E-state index in [2.05, 4.69) is 30.9 Å². The maximum Gasteiger partial charge on any atom is 0.320 e. The number of amides is 3. The average molecular weight is 566 g/mol. The van der Waals surface area contributed by atoms with Gasteiger partial charge in [0.2, 0.25) is 0 Å². The predicted octanol–water partition coefficient (Wildman–Crippen LogP) is 3.39. The summed E-state index contributed by atoms with van der Waals surface area (Å²) in [6, 6.07) is -0.248. The number of nitrogens with zero attached hydrogens (tertiary/aromatic N) is 4. The maximum absolute atomic E-state index is 13.3. The van der Waals surface area contributed by atoms with E-state index in [1.807, 2.05) is 6.92 Å². The number of nitrogens with one attached hydrogen (secondary N) is 3. The molecule has 9 rings (SSSR count). The third kappa shape index (κ3) is 4.32. The molecule has 2 aromatic rings. The Morgan fingerprint density at radius 2 is 1.68 bits per heavy atom. The molecule has 2 saturated heterocycles. The molecule has 4 heterocycles. The first-order valence-corrected chi connectivity index (χ1v) is 15.5. The van der Waals surface area contributed by atoms with Crippen LogP contribution >= 0.6 is 0 Å². The van der Waals surface area contributed by atoms with Gasteiger partial charge in [-0.3, -0.25) is 14.7 Å². The fourth-order valence-corrected chi connectivity index (χ4v) is 9.23. The SMILES string of the molecule is CCNC(=O)[C@H]1O[C@@H](n2cnc3c(NC(=O)NC45CC6CC(CC(C6)C4)C5)ncnc32)C2OC3(CCCCC3)OC21. The summed E-state index contributed by atoms with van der Waals surface area (Å²) in [5, 5.41) is 9.18. The van der Waals surface area contributed by atoms with Gasteiger partial charge >= 0.3 is 6.03 Å². The van der Waals surface area contributed by atoms with Crippen LogP contribution in [0.5, 0.6) is 0 Å². The van der Waals surface area contributed by atoms with Crippen LogP contribution in [0, 0.1) is 17.8 Å². The first-order valence-electron chi connectivity index (χ1n) is 15.5. The molecule has 0 radical (unpaired) electrons. The second kappa shape index (κ2) is 9.60. The smallest absolute Gasteiger partial charge is 0.320 e. The van der Waals surface area contributed by atoms with Gasteiger partial charge in [-0.05, 0) is 76.0 Å². The third-order valence-electron chi connectivity index (χ3n) is 10.4. The van der Waals surface area contributed by atoms with Gasteiger partial charge in [-0.1, -0.05) is 6.42 Å². The lowest BCUT2D eigenvalue weighted by Gasteiger charge is -2.56. The Morgan fingerprint density at radius 3 is 2.39 bits per heavy atom. The zero-order valence-electron chi connectivity index (χ0n) is 23.5. The molecule has 3 N–H and O–H groups in total. The summed E-state index contributed by atoms with van der Waals surface area (Å²) in [7, 11) is 0. The number of hydrogen-bond acceptors (Lipinski definition) is 8. The van der Waals surface area contributed by atoms with Gasteiger partial charge in [-0.2, -0.15) is 0 Å². The van der Waals surface area contributed by atoms with Crippen molar-refractivity contribution in [1.29, 1.82) is 0 Å². The van der Waals surface area contributed by atoms with Crippen molar-refractivity contribution < 1.29 is 23.8 Å². The molecule has 5 aliphatic carbocycles. The summed E-state index contributed by atoms with van der Waals surface area (Å²) < 4.78 is 21.2. The van der Waals surface area contributed by atoms with Crippen LogP contribution < -0.4 is 16.0 Å². The quantitative estimate of drug-likeness (QED) is 0.501. The molecule has 2 aliphatic heterocycles. The summed E-state index contributed by atoms with van der Waals surface area (Å²) in [4.78, 5) is 39.7. The highest BCUT2D eigenvalue weighted by Crippen LogP contribution is 2.55. The van der Waals surface area contributed by atoms with E-state index < -0.39 is 30.3 Å². The van der Waals surface area contributed by atoms with Crippen molar-refractivity contribution in [3.8, 4) is 0 Å². The zero-order valence-corrected chi connectivity index (χ0v) is 23.5. The highest BCUT2D eigenvalue weighted by molar-refractivity contribution is 5.96. The number of urea groups is 1. The molecule has 41 heavy (non-hydrogen) atoms. The number of likely N-dealkylation sites (N-methyl/N-ethyl adjacent to an activating group) is 1. The van der Waals surface area contributed by atoms with E-state index in [0.717, 1.165) is 69.1 Å². The number of hydrogen-bond donors (Lipinski definition) is 3. The molecule has 0 aromatic carbocycles. The summed E-state index contributed by atoms with van der Waals surface area (Å²) in [5.41, 5.74) is 0.847. The van der Waals surface area contributed by atoms with E-state index in [-0.39, 0.29) is 17.5 Å². The van der Waals surface area contributed by atoms with E-state index in [0.29, 0.717) is 23.5 Å². The van der Waals surface area contributed by atoms with E-state index in [4.69, 9.17) is 14.2 Å². The maximum atomic E-state index is 13.3. The van der Waals surface area contributed by atoms with Crippen molar-refractivity contribution >= 4 is 28.9 Å². The topological polar surface area (TPSA) is 142 Å². The molecule has 4 bridgehead atoms. The Bertz CT molecular complexity index is 1320. The van der Waals surface area contributed by atoms with Crippen LogP contribution in [0.4, 0.5) is 10.6 Å². The number of anilines is 1. The van der Waals surface area contributed by atoms with Gasteiger partial charge in [-0.15, -0.1) is 0 Å². The minimum Gasteiger partial charge on any atom is -0.354 e. The second-order valence-corrected chi connectivity index (χ2v) is 13.3. The molecule has 2 unspecified atom stereocenters. The first-order chi connectivity index (χ1) is 19.9. The van der Waals surface area contributed by atoms with E-state index >= 15 is 0 Å².